The lowest BCUT2D eigenvalue weighted by Crippen LogP contribution is -2.16. The van der Waals surface area contributed by atoms with Crippen molar-refractivity contribution in [1.29, 1.82) is 0 Å². The van der Waals surface area contributed by atoms with Crippen molar-refractivity contribution in [3.05, 3.63) is 46.2 Å². The lowest BCUT2D eigenvalue weighted by Gasteiger charge is -2.20. The molecule has 0 aliphatic carbocycles. The van der Waals surface area contributed by atoms with Gasteiger partial charge in [-0.3, -0.25) is 4.98 Å². The molecule has 1 aliphatic heterocycles. The first-order valence-electron chi connectivity index (χ1n) is 6.46. The zero-order valence-corrected chi connectivity index (χ0v) is 12.7. The predicted molar refractivity (Wildman–Crippen MR) is 81.4 cm³/mol. The highest BCUT2D eigenvalue weighted by Gasteiger charge is 2.16. The number of nitrogens with one attached hydrogen (secondary N) is 1. The Balaban J connectivity index is 1.76. The van der Waals surface area contributed by atoms with E-state index >= 15 is 0 Å². The maximum atomic E-state index is 5.62. The zero-order chi connectivity index (χ0) is 13.9. The molecule has 1 aromatic carbocycles. The second-order valence-electron chi connectivity index (χ2n) is 4.71. The first-order valence-corrected chi connectivity index (χ1v) is 7.25. The number of halogens is 1. The van der Waals surface area contributed by atoms with E-state index in [1.54, 1.807) is 0 Å². The molecule has 0 radical (unpaired) electrons. The molecule has 20 heavy (non-hydrogen) atoms. The van der Waals surface area contributed by atoms with Crippen LogP contribution in [0.15, 0.2) is 35.1 Å². The number of rotatable bonds is 3. The van der Waals surface area contributed by atoms with Crippen molar-refractivity contribution in [2.24, 2.45) is 0 Å². The van der Waals surface area contributed by atoms with Gasteiger partial charge in [-0.25, -0.2) is 0 Å². The van der Waals surface area contributed by atoms with Gasteiger partial charge in [0.15, 0.2) is 11.5 Å². The molecule has 0 fully saturated rings. The van der Waals surface area contributed by atoms with Crippen LogP contribution in [0.1, 0.15) is 11.1 Å². The first-order chi connectivity index (χ1) is 9.72. The van der Waals surface area contributed by atoms with Gasteiger partial charge in [-0.05, 0) is 52.2 Å². The summed E-state index contributed by atoms with van der Waals surface area (Å²) in [6.07, 6.45) is 3.66. The largest absolute Gasteiger partial charge is 0.486 e. The minimum Gasteiger partial charge on any atom is -0.486 e. The van der Waals surface area contributed by atoms with Gasteiger partial charge in [0, 0.05) is 18.9 Å². The summed E-state index contributed by atoms with van der Waals surface area (Å²) in [6.45, 7) is 3.93. The van der Waals surface area contributed by atoms with Crippen molar-refractivity contribution in [3.8, 4) is 11.5 Å². The fourth-order valence-electron chi connectivity index (χ4n) is 2.12. The van der Waals surface area contributed by atoms with E-state index in [0.717, 1.165) is 32.8 Å². The molecule has 0 saturated heterocycles. The molecule has 0 unspecified atom stereocenters. The number of aryl methyl sites for hydroxylation is 1. The van der Waals surface area contributed by atoms with Crippen LogP contribution in [-0.4, -0.2) is 18.2 Å². The topological polar surface area (TPSA) is 43.4 Å². The molecular weight excluding hydrogens is 320 g/mol. The Bertz CT molecular complexity index is 631. The van der Waals surface area contributed by atoms with Gasteiger partial charge in [-0.1, -0.05) is 0 Å². The van der Waals surface area contributed by atoms with Crippen LogP contribution in [0.2, 0.25) is 0 Å². The van der Waals surface area contributed by atoms with E-state index < -0.39 is 0 Å². The molecule has 1 aliphatic rings. The maximum Gasteiger partial charge on any atom is 0.175 e. The standard InChI is InChI=1S/C15H15BrN2O2/c1-10-4-12(9-17-7-10)18-8-11-5-13(16)15-14(6-11)19-2-3-20-15/h4-7,9,18H,2-3,8H2,1H3. The Labute approximate surface area is 126 Å². The summed E-state index contributed by atoms with van der Waals surface area (Å²) in [5, 5.41) is 3.36. The average Bonchev–Trinajstić information content (AvgIpc) is 2.45. The van der Waals surface area contributed by atoms with Crippen LogP contribution in [0.5, 0.6) is 11.5 Å². The zero-order valence-electron chi connectivity index (χ0n) is 11.1. The molecule has 2 aromatic rings. The SMILES string of the molecule is Cc1cncc(NCc2cc(Br)c3c(c2)OCCO3)c1. The fourth-order valence-corrected chi connectivity index (χ4v) is 2.73. The van der Waals surface area contributed by atoms with Gasteiger partial charge >= 0.3 is 0 Å². The number of anilines is 1. The molecule has 0 spiro atoms. The van der Waals surface area contributed by atoms with Crippen LogP contribution in [-0.2, 0) is 6.54 Å². The predicted octanol–water partition coefficient (Wildman–Crippen LogP) is 3.54. The molecule has 2 heterocycles. The molecular formula is C15H15BrN2O2. The van der Waals surface area contributed by atoms with Gasteiger partial charge in [0.05, 0.1) is 10.2 Å². The Morgan fingerprint density at radius 2 is 2.05 bits per heavy atom. The molecule has 3 rings (SSSR count). The second-order valence-corrected chi connectivity index (χ2v) is 5.56. The van der Waals surface area contributed by atoms with Gasteiger partial charge < -0.3 is 14.8 Å². The quantitative estimate of drug-likeness (QED) is 0.932. The highest BCUT2D eigenvalue weighted by molar-refractivity contribution is 9.10. The smallest absolute Gasteiger partial charge is 0.175 e. The molecule has 104 valence electrons. The third kappa shape index (κ3) is 2.88. The third-order valence-electron chi connectivity index (χ3n) is 3.03. The molecule has 1 N–H and O–H groups in total. The van der Waals surface area contributed by atoms with Crippen LogP contribution in [0.4, 0.5) is 5.69 Å². The summed E-state index contributed by atoms with van der Waals surface area (Å²) in [7, 11) is 0. The lowest BCUT2D eigenvalue weighted by atomic mass is 10.2. The van der Waals surface area contributed by atoms with Gasteiger partial charge in [-0.2, -0.15) is 0 Å². The van der Waals surface area contributed by atoms with E-state index in [2.05, 4.69) is 32.3 Å². The maximum absolute atomic E-state index is 5.62. The monoisotopic (exact) mass is 334 g/mol. The summed E-state index contributed by atoms with van der Waals surface area (Å²) in [5.41, 5.74) is 3.27. The number of hydrogen-bond donors (Lipinski definition) is 1. The van der Waals surface area contributed by atoms with E-state index in [4.69, 9.17) is 9.47 Å². The van der Waals surface area contributed by atoms with Crippen LogP contribution in [0.25, 0.3) is 0 Å². The summed E-state index contributed by atoms with van der Waals surface area (Å²) in [4.78, 5) is 4.17. The van der Waals surface area contributed by atoms with E-state index in [-0.39, 0.29) is 0 Å². The van der Waals surface area contributed by atoms with Crippen molar-refractivity contribution < 1.29 is 9.47 Å². The number of pyridine rings is 1. The number of aromatic nitrogens is 1. The average molecular weight is 335 g/mol. The summed E-state index contributed by atoms with van der Waals surface area (Å²) in [6, 6.07) is 6.12. The van der Waals surface area contributed by atoms with Crippen molar-refractivity contribution in [3.63, 3.8) is 0 Å². The Morgan fingerprint density at radius 1 is 1.20 bits per heavy atom. The lowest BCUT2D eigenvalue weighted by molar-refractivity contribution is 0.170. The molecule has 0 saturated carbocycles. The number of benzene rings is 1. The van der Waals surface area contributed by atoms with Crippen molar-refractivity contribution in [1.82, 2.24) is 4.98 Å². The highest BCUT2D eigenvalue weighted by Crippen LogP contribution is 2.38. The second kappa shape index (κ2) is 5.71. The van der Waals surface area contributed by atoms with Crippen LogP contribution in [0, 0.1) is 6.92 Å². The van der Waals surface area contributed by atoms with E-state index in [1.165, 1.54) is 0 Å². The van der Waals surface area contributed by atoms with Crippen molar-refractivity contribution in [2.75, 3.05) is 18.5 Å². The molecule has 0 atom stereocenters. The molecule has 1 aromatic heterocycles. The van der Waals surface area contributed by atoms with E-state index in [9.17, 15) is 0 Å². The summed E-state index contributed by atoms with van der Waals surface area (Å²) < 4.78 is 12.1. The van der Waals surface area contributed by atoms with Crippen molar-refractivity contribution >= 4 is 21.6 Å². The Hall–Kier alpha value is -1.75. The number of hydrogen-bond acceptors (Lipinski definition) is 4. The number of ether oxygens (including phenoxy) is 2. The number of fused-ring (bicyclic) bond motifs is 1. The summed E-state index contributed by atoms with van der Waals surface area (Å²) in [5.74, 6) is 1.59. The Kier molecular flexibility index (Phi) is 3.78. The van der Waals surface area contributed by atoms with Gasteiger partial charge in [-0.15, -0.1) is 0 Å². The molecule has 0 amide bonds. The van der Waals surface area contributed by atoms with Crippen LogP contribution in [0.3, 0.4) is 0 Å². The van der Waals surface area contributed by atoms with E-state index in [0.29, 0.717) is 19.8 Å². The minimum atomic E-state index is 0.595. The normalized spacial score (nSPS) is 13.1. The van der Waals surface area contributed by atoms with Gasteiger partial charge in [0.1, 0.15) is 13.2 Å². The molecule has 0 bridgehead atoms. The van der Waals surface area contributed by atoms with Crippen LogP contribution >= 0.6 is 15.9 Å². The van der Waals surface area contributed by atoms with Gasteiger partial charge in [0.25, 0.3) is 0 Å². The fraction of sp³-hybridized carbons (Fsp3) is 0.267. The molecule has 4 nitrogen and oxygen atoms in total. The van der Waals surface area contributed by atoms with Gasteiger partial charge in [0.2, 0.25) is 0 Å². The third-order valence-corrected chi connectivity index (χ3v) is 3.62. The Morgan fingerprint density at radius 3 is 2.90 bits per heavy atom. The van der Waals surface area contributed by atoms with Crippen LogP contribution < -0.4 is 14.8 Å². The minimum absolute atomic E-state index is 0.595. The summed E-state index contributed by atoms with van der Waals surface area (Å²) >= 11 is 3.53. The first kappa shape index (κ1) is 13.2. The number of nitrogens with zero attached hydrogens (tertiary/aromatic N) is 1. The molecule has 5 heteroatoms. The highest BCUT2D eigenvalue weighted by atomic mass is 79.9. The van der Waals surface area contributed by atoms with E-state index in [1.807, 2.05) is 31.5 Å². The van der Waals surface area contributed by atoms with Crippen molar-refractivity contribution in [2.45, 2.75) is 13.5 Å².